The predicted octanol–water partition coefficient (Wildman–Crippen LogP) is 2.52. The highest BCUT2D eigenvalue weighted by atomic mass is 32.1. The van der Waals surface area contributed by atoms with Crippen LogP contribution in [0.2, 0.25) is 0 Å². The summed E-state index contributed by atoms with van der Waals surface area (Å²) in [5.41, 5.74) is 1.23. The Morgan fingerprint density at radius 1 is 1.33 bits per heavy atom. The molecule has 0 N–H and O–H groups in total. The van der Waals surface area contributed by atoms with Gasteiger partial charge in [0.2, 0.25) is 0 Å². The molecule has 0 aliphatic rings. The minimum absolute atomic E-state index is 0.852. The van der Waals surface area contributed by atoms with Crippen molar-refractivity contribution >= 4 is 11.3 Å². The number of nitrogens with zero attached hydrogens (tertiary/aromatic N) is 2. The third-order valence-corrected chi connectivity index (χ3v) is 2.58. The summed E-state index contributed by atoms with van der Waals surface area (Å²) < 4.78 is 0. The normalized spacial score (nSPS) is 9.33. The molecule has 0 aliphatic heterocycles. The van der Waals surface area contributed by atoms with E-state index in [1.807, 2.05) is 17.6 Å². The van der Waals surface area contributed by atoms with Crippen molar-refractivity contribution < 1.29 is 0 Å². The summed E-state index contributed by atoms with van der Waals surface area (Å²) >= 11 is 1.57. The van der Waals surface area contributed by atoms with E-state index in [0.717, 1.165) is 17.8 Å². The molecule has 0 amide bonds. The Morgan fingerprint density at radius 3 is 3.07 bits per heavy atom. The van der Waals surface area contributed by atoms with Crippen molar-refractivity contribution in [1.82, 2.24) is 9.97 Å². The molecule has 15 heavy (non-hydrogen) atoms. The number of aryl methyl sites for hydroxylation is 1. The summed E-state index contributed by atoms with van der Waals surface area (Å²) in [6.45, 7) is 0. The van der Waals surface area contributed by atoms with Crippen LogP contribution < -0.4 is 0 Å². The molecule has 2 heterocycles. The Balaban J connectivity index is 1.85. The highest BCUT2D eigenvalue weighted by Crippen LogP contribution is 2.02. The molecule has 2 aromatic rings. The summed E-state index contributed by atoms with van der Waals surface area (Å²) in [5.74, 6) is 6.14. The molecule has 2 rings (SSSR count). The molecule has 0 bridgehead atoms. The second-order valence-electron chi connectivity index (χ2n) is 3.00. The summed E-state index contributed by atoms with van der Waals surface area (Å²) in [7, 11) is 0. The molecule has 2 nitrogen and oxygen atoms in total. The highest BCUT2D eigenvalue weighted by Gasteiger charge is 1.89. The molecule has 0 unspecified atom stereocenters. The first-order valence-corrected chi connectivity index (χ1v) is 5.60. The van der Waals surface area contributed by atoms with Gasteiger partial charge in [-0.25, -0.2) is 4.98 Å². The smallest absolute Gasteiger partial charge is 0.166 e. The first-order chi connectivity index (χ1) is 7.45. The minimum atomic E-state index is 0.852. The van der Waals surface area contributed by atoms with Crippen LogP contribution in [-0.4, -0.2) is 9.97 Å². The number of thiazole rings is 1. The molecule has 74 valence electrons. The SMILES string of the molecule is C(#Cc1nccs1)CCc1cccnc1. The Labute approximate surface area is 93.0 Å². The van der Waals surface area contributed by atoms with E-state index < -0.39 is 0 Å². The maximum Gasteiger partial charge on any atom is 0.166 e. The van der Waals surface area contributed by atoms with Gasteiger partial charge in [0, 0.05) is 30.4 Å². The van der Waals surface area contributed by atoms with Gasteiger partial charge in [-0.15, -0.1) is 11.3 Å². The summed E-state index contributed by atoms with van der Waals surface area (Å²) in [5, 5.41) is 2.83. The molecule has 0 saturated heterocycles. The van der Waals surface area contributed by atoms with Crippen molar-refractivity contribution in [1.29, 1.82) is 0 Å². The van der Waals surface area contributed by atoms with Crippen molar-refractivity contribution in [2.45, 2.75) is 12.8 Å². The van der Waals surface area contributed by atoms with E-state index in [1.54, 1.807) is 23.7 Å². The second kappa shape index (κ2) is 5.28. The standard InChI is InChI=1S/C12H10N2S/c1(2-6-12-14-8-9-15-12)4-11-5-3-7-13-10-11/h3,5,7-10H,1,4H2. The van der Waals surface area contributed by atoms with Gasteiger partial charge < -0.3 is 0 Å². The molecule has 3 heteroatoms. The van der Waals surface area contributed by atoms with Crippen LogP contribution in [0.5, 0.6) is 0 Å². The zero-order valence-electron chi connectivity index (χ0n) is 8.18. The lowest BCUT2D eigenvalue weighted by Crippen LogP contribution is -1.83. The average molecular weight is 214 g/mol. The molecule has 0 atom stereocenters. The van der Waals surface area contributed by atoms with E-state index in [1.165, 1.54) is 5.56 Å². The fourth-order valence-corrected chi connectivity index (χ4v) is 1.68. The maximum atomic E-state index is 4.09. The predicted molar refractivity (Wildman–Crippen MR) is 61.6 cm³/mol. The van der Waals surface area contributed by atoms with Gasteiger partial charge in [0.15, 0.2) is 5.01 Å². The fraction of sp³-hybridized carbons (Fsp3) is 0.167. The molecular weight excluding hydrogens is 204 g/mol. The van der Waals surface area contributed by atoms with E-state index in [-0.39, 0.29) is 0 Å². The van der Waals surface area contributed by atoms with Gasteiger partial charge in [-0.1, -0.05) is 12.0 Å². The number of pyridine rings is 1. The van der Waals surface area contributed by atoms with Gasteiger partial charge in [0.1, 0.15) is 0 Å². The molecule has 0 aromatic carbocycles. The first kappa shape index (κ1) is 9.88. The average Bonchev–Trinajstić information content (AvgIpc) is 2.79. The molecular formula is C12H10N2S. The van der Waals surface area contributed by atoms with Crippen molar-refractivity contribution in [3.8, 4) is 11.8 Å². The number of hydrogen-bond donors (Lipinski definition) is 0. The van der Waals surface area contributed by atoms with E-state index in [4.69, 9.17) is 0 Å². The zero-order valence-corrected chi connectivity index (χ0v) is 9.00. The van der Waals surface area contributed by atoms with Crippen molar-refractivity contribution in [2.24, 2.45) is 0 Å². The van der Waals surface area contributed by atoms with Crippen LogP contribution in [-0.2, 0) is 6.42 Å². The first-order valence-electron chi connectivity index (χ1n) is 4.72. The second-order valence-corrected chi connectivity index (χ2v) is 3.89. The minimum Gasteiger partial charge on any atom is -0.264 e. The van der Waals surface area contributed by atoms with Crippen LogP contribution >= 0.6 is 11.3 Å². The van der Waals surface area contributed by atoms with Crippen LogP contribution in [0, 0.1) is 11.8 Å². The quantitative estimate of drug-likeness (QED) is 0.718. The Hall–Kier alpha value is -1.66. The Kier molecular flexibility index (Phi) is 3.48. The van der Waals surface area contributed by atoms with E-state index in [0.29, 0.717) is 0 Å². The summed E-state index contributed by atoms with van der Waals surface area (Å²) in [6, 6.07) is 4.02. The molecule has 0 saturated carbocycles. The van der Waals surface area contributed by atoms with Crippen LogP contribution in [0.4, 0.5) is 0 Å². The monoisotopic (exact) mass is 214 g/mol. The lowest BCUT2D eigenvalue weighted by Gasteiger charge is -1.93. The lowest BCUT2D eigenvalue weighted by molar-refractivity contribution is 1.01. The van der Waals surface area contributed by atoms with Gasteiger partial charge in [0.25, 0.3) is 0 Å². The largest absolute Gasteiger partial charge is 0.264 e. The lowest BCUT2D eigenvalue weighted by atomic mass is 10.2. The van der Waals surface area contributed by atoms with E-state index in [2.05, 4.69) is 27.9 Å². The highest BCUT2D eigenvalue weighted by molar-refractivity contribution is 7.10. The van der Waals surface area contributed by atoms with Crippen LogP contribution in [0.15, 0.2) is 36.1 Å². The van der Waals surface area contributed by atoms with Crippen molar-refractivity contribution in [3.05, 3.63) is 46.7 Å². The number of hydrogen-bond acceptors (Lipinski definition) is 3. The molecule has 0 spiro atoms. The molecule has 0 fully saturated rings. The van der Waals surface area contributed by atoms with Gasteiger partial charge in [-0.05, 0) is 24.0 Å². The Morgan fingerprint density at radius 2 is 2.33 bits per heavy atom. The summed E-state index contributed by atoms with van der Waals surface area (Å²) in [6.07, 6.45) is 7.24. The Bertz CT molecular complexity index is 451. The fourth-order valence-electron chi connectivity index (χ4n) is 1.18. The van der Waals surface area contributed by atoms with Crippen LogP contribution in [0.25, 0.3) is 0 Å². The number of aromatic nitrogens is 2. The van der Waals surface area contributed by atoms with Gasteiger partial charge in [-0.3, -0.25) is 4.98 Å². The van der Waals surface area contributed by atoms with Gasteiger partial charge in [0.05, 0.1) is 0 Å². The van der Waals surface area contributed by atoms with Gasteiger partial charge in [-0.2, -0.15) is 0 Å². The van der Waals surface area contributed by atoms with E-state index in [9.17, 15) is 0 Å². The maximum absolute atomic E-state index is 4.09. The third-order valence-electron chi connectivity index (χ3n) is 1.89. The molecule has 0 aliphatic carbocycles. The number of rotatable bonds is 2. The molecule has 2 aromatic heterocycles. The third kappa shape index (κ3) is 3.19. The van der Waals surface area contributed by atoms with E-state index >= 15 is 0 Å². The molecule has 0 radical (unpaired) electrons. The van der Waals surface area contributed by atoms with Crippen LogP contribution in [0.1, 0.15) is 17.0 Å². The topological polar surface area (TPSA) is 25.8 Å². The van der Waals surface area contributed by atoms with Crippen molar-refractivity contribution in [2.75, 3.05) is 0 Å². The van der Waals surface area contributed by atoms with Crippen LogP contribution in [0.3, 0.4) is 0 Å². The van der Waals surface area contributed by atoms with Crippen molar-refractivity contribution in [3.63, 3.8) is 0 Å². The van der Waals surface area contributed by atoms with Gasteiger partial charge >= 0.3 is 0 Å². The zero-order chi connectivity index (χ0) is 10.3. The summed E-state index contributed by atoms with van der Waals surface area (Å²) in [4.78, 5) is 8.15.